The molecule has 0 radical (unpaired) electrons. The van der Waals surface area contributed by atoms with E-state index in [0.717, 1.165) is 24.7 Å². The smallest absolute Gasteiger partial charge is 0.119 e. The van der Waals surface area contributed by atoms with Crippen molar-refractivity contribution in [3.8, 4) is 5.75 Å². The van der Waals surface area contributed by atoms with Crippen molar-refractivity contribution < 1.29 is 4.74 Å². The van der Waals surface area contributed by atoms with Crippen molar-refractivity contribution >= 4 is 0 Å². The third-order valence-corrected chi connectivity index (χ3v) is 4.87. The van der Waals surface area contributed by atoms with Gasteiger partial charge in [0.15, 0.2) is 0 Å². The summed E-state index contributed by atoms with van der Waals surface area (Å²) in [6.45, 7) is 5.12. The third-order valence-electron chi connectivity index (χ3n) is 4.87. The third kappa shape index (κ3) is 5.01. The Labute approximate surface area is 129 Å². The molecule has 1 aromatic carbocycles. The van der Waals surface area contributed by atoms with Crippen molar-refractivity contribution in [1.29, 1.82) is 0 Å². The first kappa shape index (κ1) is 16.3. The van der Waals surface area contributed by atoms with Gasteiger partial charge in [0, 0.05) is 6.04 Å². The molecule has 3 atom stereocenters. The largest absolute Gasteiger partial charge is 0.494 e. The highest BCUT2D eigenvalue weighted by molar-refractivity contribution is 5.27. The molecule has 0 bridgehead atoms. The van der Waals surface area contributed by atoms with Gasteiger partial charge in [-0.2, -0.15) is 0 Å². The number of nitrogens with two attached hydrogens (primary N) is 1. The molecule has 1 saturated carbocycles. The maximum Gasteiger partial charge on any atom is 0.119 e. The minimum Gasteiger partial charge on any atom is -0.494 e. The molecule has 0 aliphatic heterocycles. The average molecular weight is 290 g/mol. The Balaban J connectivity index is 1.79. The van der Waals surface area contributed by atoms with Crippen LogP contribution in [0.5, 0.6) is 5.75 Å². The van der Waals surface area contributed by atoms with E-state index in [0.29, 0.717) is 12.0 Å². The molecule has 118 valence electrons. The normalized spacial score (nSPS) is 23.8. The molecule has 0 spiro atoms. The summed E-state index contributed by atoms with van der Waals surface area (Å²) in [5.41, 5.74) is 4.27. The molecule has 1 fully saturated rings. The van der Waals surface area contributed by atoms with Crippen LogP contribution < -0.4 is 16.0 Å². The second-order valence-corrected chi connectivity index (χ2v) is 6.43. The Morgan fingerprint density at radius 2 is 2.24 bits per heavy atom. The Hall–Kier alpha value is -1.06. The highest BCUT2D eigenvalue weighted by Crippen LogP contribution is 2.33. The number of hydrogen-bond donors (Lipinski definition) is 2. The van der Waals surface area contributed by atoms with E-state index >= 15 is 0 Å². The summed E-state index contributed by atoms with van der Waals surface area (Å²) in [5.74, 6) is 8.34. The second-order valence-electron chi connectivity index (χ2n) is 6.43. The number of hydrazine groups is 1. The first-order valence-corrected chi connectivity index (χ1v) is 8.38. The minimum absolute atomic E-state index is 0.379. The SMILES string of the molecule is CCC1CCCC(C(CCOc2cccc(C)c2)NN)C1. The van der Waals surface area contributed by atoms with E-state index in [1.54, 1.807) is 0 Å². The van der Waals surface area contributed by atoms with Crippen molar-refractivity contribution in [2.24, 2.45) is 17.7 Å². The molecular formula is C18H30N2O. The number of hydrogen-bond acceptors (Lipinski definition) is 3. The van der Waals surface area contributed by atoms with Crippen LogP contribution in [0.3, 0.4) is 0 Å². The lowest BCUT2D eigenvalue weighted by atomic mass is 9.76. The van der Waals surface area contributed by atoms with E-state index in [-0.39, 0.29) is 0 Å². The van der Waals surface area contributed by atoms with Crippen LogP contribution in [-0.4, -0.2) is 12.6 Å². The summed E-state index contributed by atoms with van der Waals surface area (Å²) in [6, 6.07) is 8.61. The van der Waals surface area contributed by atoms with Crippen LogP contribution in [-0.2, 0) is 0 Å². The van der Waals surface area contributed by atoms with E-state index in [4.69, 9.17) is 10.6 Å². The first-order chi connectivity index (χ1) is 10.2. The van der Waals surface area contributed by atoms with Gasteiger partial charge >= 0.3 is 0 Å². The minimum atomic E-state index is 0.379. The van der Waals surface area contributed by atoms with Crippen LogP contribution in [0.2, 0.25) is 0 Å². The van der Waals surface area contributed by atoms with E-state index in [9.17, 15) is 0 Å². The van der Waals surface area contributed by atoms with Crippen molar-refractivity contribution in [2.75, 3.05) is 6.61 Å². The van der Waals surface area contributed by atoms with Crippen molar-refractivity contribution in [3.63, 3.8) is 0 Å². The predicted octanol–water partition coefficient (Wildman–Crippen LogP) is 3.81. The van der Waals surface area contributed by atoms with Crippen LogP contribution in [0.25, 0.3) is 0 Å². The highest BCUT2D eigenvalue weighted by Gasteiger charge is 2.27. The molecule has 3 N–H and O–H groups in total. The maximum absolute atomic E-state index is 5.87. The van der Waals surface area contributed by atoms with Crippen LogP contribution >= 0.6 is 0 Å². The van der Waals surface area contributed by atoms with Crippen molar-refractivity contribution in [1.82, 2.24) is 5.43 Å². The number of benzene rings is 1. The lowest BCUT2D eigenvalue weighted by Gasteiger charge is -2.34. The summed E-state index contributed by atoms with van der Waals surface area (Å²) >= 11 is 0. The maximum atomic E-state index is 5.87. The number of nitrogens with one attached hydrogen (secondary N) is 1. The van der Waals surface area contributed by atoms with Gasteiger partial charge in [0.1, 0.15) is 5.75 Å². The van der Waals surface area contributed by atoms with Gasteiger partial charge in [-0.15, -0.1) is 0 Å². The molecule has 0 aromatic heterocycles. The predicted molar refractivity (Wildman–Crippen MR) is 88.1 cm³/mol. The fourth-order valence-electron chi connectivity index (χ4n) is 3.53. The molecule has 3 heteroatoms. The molecule has 3 nitrogen and oxygen atoms in total. The lowest BCUT2D eigenvalue weighted by Crippen LogP contribution is -2.43. The molecule has 21 heavy (non-hydrogen) atoms. The van der Waals surface area contributed by atoms with Gasteiger partial charge in [0.2, 0.25) is 0 Å². The molecule has 0 saturated heterocycles. The van der Waals surface area contributed by atoms with Gasteiger partial charge in [0.05, 0.1) is 6.61 Å². The molecule has 1 aliphatic carbocycles. The molecular weight excluding hydrogens is 260 g/mol. The lowest BCUT2D eigenvalue weighted by molar-refractivity contribution is 0.182. The van der Waals surface area contributed by atoms with Gasteiger partial charge < -0.3 is 4.74 Å². The number of ether oxygens (including phenoxy) is 1. The zero-order valence-electron chi connectivity index (χ0n) is 13.5. The van der Waals surface area contributed by atoms with Crippen LogP contribution in [0.4, 0.5) is 0 Å². The Bertz CT molecular complexity index is 421. The molecule has 0 heterocycles. The fourth-order valence-corrected chi connectivity index (χ4v) is 3.53. The van der Waals surface area contributed by atoms with Crippen LogP contribution in [0.1, 0.15) is 51.0 Å². The molecule has 1 aliphatic rings. The standard InChI is InChI=1S/C18H30N2O/c1-3-15-7-5-8-16(13-15)18(20-19)10-11-21-17-9-4-6-14(2)12-17/h4,6,9,12,15-16,18,20H,3,5,7-8,10-11,13,19H2,1-2H3. The topological polar surface area (TPSA) is 47.3 Å². The summed E-state index contributed by atoms with van der Waals surface area (Å²) in [6.07, 6.45) is 7.63. The fraction of sp³-hybridized carbons (Fsp3) is 0.667. The second kappa shape index (κ2) is 8.40. The van der Waals surface area contributed by atoms with Gasteiger partial charge in [-0.1, -0.05) is 38.3 Å². The van der Waals surface area contributed by atoms with E-state index < -0.39 is 0 Å². The van der Waals surface area contributed by atoms with E-state index in [1.807, 2.05) is 12.1 Å². The zero-order valence-corrected chi connectivity index (χ0v) is 13.5. The molecule has 2 rings (SSSR count). The summed E-state index contributed by atoms with van der Waals surface area (Å²) in [4.78, 5) is 0. The highest BCUT2D eigenvalue weighted by atomic mass is 16.5. The number of rotatable bonds is 7. The van der Waals surface area contributed by atoms with Gasteiger partial charge in [-0.3, -0.25) is 11.3 Å². The van der Waals surface area contributed by atoms with Gasteiger partial charge in [0.25, 0.3) is 0 Å². The monoisotopic (exact) mass is 290 g/mol. The Morgan fingerprint density at radius 1 is 1.38 bits per heavy atom. The molecule has 0 amide bonds. The zero-order chi connectivity index (χ0) is 15.1. The van der Waals surface area contributed by atoms with Crippen LogP contribution in [0, 0.1) is 18.8 Å². The van der Waals surface area contributed by atoms with Crippen LogP contribution in [0.15, 0.2) is 24.3 Å². The van der Waals surface area contributed by atoms with Gasteiger partial charge in [-0.05, 0) is 55.7 Å². The summed E-state index contributed by atoms with van der Waals surface area (Å²) in [7, 11) is 0. The first-order valence-electron chi connectivity index (χ1n) is 8.38. The summed E-state index contributed by atoms with van der Waals surface area (Å²) in [5, 5.41) is 0. The quantitative estimate of drug-likeness (QED) is 0.593. The Morgan fingerprint density at radius 3 is 2.95 bits per heavy atom. The molecule has 3 unspecified atom stereocenters. The van der Waals surface area contributed by atoms with Crippen molar-refractivity contribution in [2.45, 2.75) is 58.4 Å². The van der Waals surface area contributed by atoms with E-state index in [2.05, 4.69) is 31.4 Å². The molecule has 1 aromatic rings. The average Bonchev–Trinajstić information content (AvgIpc) is 2.52. The van der Waals surface area contributed by atoms with E-state index in [1.165, 1.54) is 37.7 Å². The van der Waals surface area contributed by atoms with Gasteiger partial charge in [-0.25, -0.2) is 0 Å². The number of aryl methyl sites for hydroxylation is 1. The summed E-state index contributed by atoms with van der Waals surface area (Å²) < 4.78 is 5.87. The Kier molecular flexibility index (Phi) is 6.52. The van der Waals surface area contributed by atoms with Crippen molar-refractivity contribution in [3.05, 3.63) is 29.8 Å².